The highest BCUT2D eigenvalue weighted by Gasteiger charge is 2.15. The maximum absolute atomic E-state index is 12.5. The van der Waals surface area contributed by atoms with Gasteiger partial charge in [0.1, 0.15) is 5.75 Å². The van der Waals surface area contributed by atoms with Crippen molar-refractivity contribution in [3.05, 3.63) is 53.6 Å². The van der Waals surface area contributed by atoms with Crippen LogP contribution in [-0.2, 0) is 14.8 Å². The van der Waals surface area contributed by atoms with Gasteiger partial charge >= 0.3 is 0 Å². The number of rotatable bonds is 8. The third kappa shape index (κ3) is 6.29. The largest absolute Gasteiger partial charge is 0.484 e. The number of carbonyl (C=O) groups is 1. The smallest absolute Gasteiger partial charge is 0.261 e. The number of hydrogen-bond acceptors (Lipinski definition) is 4. The molecule has 2 aromatic carbocycles. The summed E-state index contributed by atoms with van der Waals surface area (Å²) >= 11 is 0. The van der Waals surface area contributed by atoms with Gasteiger partial charge in [0, 0.05) is 11.7 Å². The molecule has 0 unspecified atom stereocenters. The van der Waals surface area contributed by atoms with Crippen molar-refractivity contribution < 1.29 is 17.9 Å². The molecule has 1 atom stereocenters. The summed E-state index contributed by atoms with van der Waals surface area (Å²) in [6.45, 7) is 7.61. The van der Waals surface area contributed by atoms with E-state index in [2.05, 4.69) is 10.0 Å². The lowest BCUT2D eigenvalue weighted by Crippen LogP contribution is -2.35. The van der Waals surface area contributed by atoms with Crippen molar-refractivity contribution in [3.8, 4) is 5.75 Å². The molecule has 2 aromatic rings. The van der Waals surface area contributed by atoms with Crippen molar-refractivity contribution in [2.45, 2.75) is 45.1 Å². The molecule has 0 bridgehead atoms. The van der Waals surface area contributed by atoms with Gasteiger partial charge in [-0.2, -0.15) is 0 Å². The molecule has 0 aliphatic carbocycles. The molecule has 0 aliphatic rings. The van der Waals surface area contributed by atoms with Crippen LogP contribution in [-0.4, -0.2) is 27.0 Å². The third-order valence-corrected chi connectivity index (χ3v) is 5.39. The lowest BCUT2D eigenvalue weighted by Gasteiger charge is -2.13. The first-order valence-corrected chi connectivity index (χ1v) is 10.3. The molecule has 146 valence electrons. The predicted octanol–water partition coefficient (Wildman–Crippen LogP) is 3.40. The molecule has 0 saturated carbocycles. The normalized spacial score (nSPS) is 12.3. The van der Waals surface area contributed by atoms with Crippen LogP contribution < -0.4 is 14.8 Å². The van der Waals surface area contributed by atoms with E-state index in [4.69, 9.17) is 4.74 Å². The molecule has 2 N–H and O–H groups in total. The zero-order valence-electron chi connectivity index (χ0n) is 16.1. The fourth-order valence-electron chi connectivity index (χ4n) is 2.53. The highest BCUT2D eigenvalue weighted by Crippen LogP contribution is 2.21. The molecule has 27 heavy (non-hydrogen) atoms. The van der Waals surface area contributed by atoms with Crippen LogP contribution >= 0.6 is 0 Å². The number of benzene rings is 2. The highest BCUT2D eigenvalue weighted by molar-refractivity contribution is 7.92. The van der Waals surface area contributed by atoms with Gasteiger partial charge in [-0.3, -0.25) is 9.52 Å². The van der Waals surface area contributed by atoms with E-state index in [1.165, 1.54) is 24.3 Å². The Labute approximate surface area is 161 Å². The molecule has 2 rings (SSSR count). The van der Waals surface area contributed by atoms with Crippen LogP contribution in [0.1, 0.15) is 31.4 Å². The topological polar surface area (TPSA) is 84.5 Å². The molecule has 0 saturated heterocycles. The summed E-state index contributed by atoms with van der Waals surface area (Å²) in [5, 5.41) is 2.80. The average molecular weight is 391 g/mol. The van der Waals surface area contributed by atoms with E-state index in [-0.39, 0.29) is 23.5 Å². The zero-order chi connectivity index (χ0) is 20.0. The molecule has 0 aromatic heterocycles. The second-order valence-electron chi connectivity index (χ2n) is 6.62. The monoisotopic (exact) mass is 390 g/mol. The Hall–Kier alpha value is -2.54. The molecule has 0 fully saturated rings. The molecule has 0 radical (unpaired) electrons. The van der Waals surface area contributed by atoms with Gasteiger partial charge in [0.15, 0.2) is 6.61 Å². The van der Waals surface area contributed by atoms with E-state index in [1.807, 2.05) is 33.8 Å². The van der Waals surface area contributed by atoms with Crippen molar-refractivity contribution >= 4 is 21.6 Å². The lowest BCUT2D eigenvalue weighted by molar-refractivity contribution is -0.123. The van der Waals surface area contributed by atoms with Crippen molar-refractivity contribution in [2.75, 3.05) is 11.3 Å². The van der Waals surface area contributed by atoms with E-state index in [1.54, 1.807) is 12.1 Å². The first-order valence-electron chi connectivity index (χ1n) is 8.83. The van der Waals surface area contributed by atoms with Crippen LogP contribution in [0.5, 0.6) is 5.75 Å². The van der Waals surface area contributed by atoms with Gasteiger partial charge in [0.2, 0.25) is 0 Å². The maximum Gasteiger partial charge on any atom is 0.261 e. The van der Waals surface area contributed by atoms with Gasteiger partial charge in [-0.15, -0.1) is 0 Å². The molecule has 1 amide bonds. The van der Waals surface area contributed by atoms with Crippen LogP contribution in [0.4, 0.5) is 5.69 Å². The van der Waals surface area contributed by atoms with E-state index in [0.717, 1.165) is 17.5 Å². The molecule has 0 spiro atoms. The van der Waals surface area contributed by atoms with Gasteiger partial charge in [-0.25, -0.2) is 8.42 Å². The number of hydrogen-bond donors (Lipinski definition) is 2. The molecule has 7 heteroatoms. The highest BCUT2D eigenvalue weighted by atomic mass is 32.2. The summed E-state index contributed by atoms with van der Waals surface area (Å²) < 4.78 is 33.1. The fraction of sp³-hybridized carbons (Fsp3) is 0.350. The second kappa shape index (κ2) is 8.90. The molecular formula is C20H26N2O4S. The van der Waals surface area contributed by atoms with Gasteiger partial charge in [-0.05, 0) is 74.7 Å². The van der Waals surface area contributed by atoms with Crippen LogP contribution in [0.25, 0.3) is 0 Å². The summed E-state index contributed by atoms with van der Waals surface area (Å²) in [7, 11) is -3.70. The predicted molar refractivity (Wildman–Crippen MR) is 107 cm³/mol. The fourth-order valence-corrected chi connectivity index (χ4v) is 3.57. The third-order valence-electron chi connectivity index (χ3n) is 4.00. The second-order valence-corrected chi connectivity index (χ2v) is 8.30. The minimum atomic E-state index is -3.70. The Bertz CT molecular complexity index is 872. The first-order chi connectivity index (χ1) is 12.7. The summed E-state index contributed by atoms with van der Waals surface area (Å²) in [6, 6.07) is 11.6. The Morgan fingerprint density at radius 1 is 1.07 bits per heavy atom. The van der Waals surface area contributed by atoms with E-state index in [0.29, 0.717) is 11.4 Å². The molecule has 6 nitrogen and oxygen atoms in total. The zero-order valence-corrected chi connectivity index (χ0v) is 16.9. The summed E-state index contributed by atoms with van der Waals surface area (Å²) in [4.78, 5) is 11.9. The SMILES string of the molecule is CC[C@@H](C)NC(=O)COc1ccc(S(=O)(=O)Nc2cc(C)cc(C)c2)cc1. The Morgan fingerprint density at radius 2 is 1.67 bits per heavy atom. The van der Waals surface area contributed by atoms with Gasteiger partial charge in [-0.1, -0.05) is 13.0 Å². The van der Waals surface area contributed by atoms with Crippen LogP contribution in [0.15, 0.2) is 47.4 Å². The number of nitrogens with one attached hydrogen (secondary N) is 2. The van der Waals surface area contributed by atoms with Gasteiger partial charge in [0.05, 0.1) is 4.90 Å². The summed E-state index contributed by atoms with van der Waals surface area (Å²) in [5.74, 6) is 0.220. The van der Waals surface area contributed by atoms with Crippen molar-refractivity contribution in [1.29, 1.82) is 0 Å². The van der Waals surface area contributed by atoms with Gasteiger partial charge in [0.25, 0.3) is 15.9 Å². The van der Waals surface area contributed by atoms with Crippen molar-refractivity contribution in [2.24, 2.45) is 0 Å². The number of sulfonamides is 1. The van der Waals surface area contributed by atoms with E-state index < -0.39 is 10.0 Å². The standard InChI is InChI=1S/C20H26N2O4S/c1-5-16(4)21-20(23)13-26-18-6-8-19(9-7-18)27(24,25)22-17-11-14(2)10-15(3)12-17/h6-12,16,22H,5,13H2,1-4H3,(H,21,23)/t16-/m1/s1. The van der Waals surface area contributed by atoms with Crippen LogP contribution in [0, 0.1) is 13.8 Å². The average Bonchev–Trinajstić information content (AvgIpc) is 2.59. The molecular weight excluding hydrogens is 364 g/mol. The number of carbonyl (C=O) groups excluding carboxylic acids is 1. The number of anilines is 1. The number of aryl methyl sites for hydroxylation is 2. The quantitative estimate of drug-likeness (QED) is 0.723. The van der Waals surface area contributed by atoms with Crippen molar-refractivity contribution in [3.63, 3.8) is 0 Å². The van der Waals surface area contributed by atoms with Crippen molar-refractivity contribution in [1.82, 2.24) is 5.32 Å². The Morgan fingerprint density at radius 3 is 2.22 bits per heavy atom. The molecule has 0 aliphatic heterocycles. The van der Waals surface area contributed by atoms with E-state index >= 15 is 0 Å². The molecule has 0 heterocycles. The maximum atomic E-state index is 12.5. The Kier molecular flexibility index (Phi) is 6.85. The number of amides is 1. The van der Waals surface area contributed by atoms with E-state index in [9.17, 15) is 13.2 Å². The minimum absolute atomic E-state index is 0.0879. The Balaban J connectivity index is 2.01. The summed E-state index contributed by atoms with van der Waals surface area (Å²) in [5.41, 5.74) is 2.48. The lowest BCUT2D eigenvalue weighted by atomic mass is 10.1. The number of ether oxygens (including phenoxy) is 1. The van der Waals surface area contributed by atoms with Gasteiger partial charge < -0.3 is 10.1 Å². The van der Waals surface area contributed by atoms with Crippen LogP contribution in [0.3, 0.4) is 0 Å². The summed E-state index contributed by atoms with van der Waals surface area (Å²) in [6.07, 6.45) is 0.839. The van der Waals surface area contributed by atoms with Crippen LogP contribution in [0.2, 0.25) is 0 Å². The minimum Gasteiger partial charge on any atom is -0.484 e. The first kappa shape index (κ1) is 20.8.